The topological polar surface area (TPSA) is 64.9 Å². The molecule has 0 aromatic carbocycles. The fraction of sp³-hybridized carbons (Fsp3) is 0.500. The third-order valence-electron chi connectivity index (χ3n) is 1.96. The Kier molecular flexibility index (Phi) is 3.39. The third kappa shape index (κ3) is 2.79. The van der Waals surface area contributed by atoms with Crippen LogP contribution < -0.4 is 11.5 Å². The predicted molar refractivity (Wildman–Crippen MR) is 54.3 cm³/mol. The van der Waals surface area contributed by atoms with E-state index in [1.54, 1.807) is 0 Å². The van der Waals surface area contributed by atoms with Crippen molar-refractivity contribution in [3.8, 4) is 0 Å². The summed E-state index contributed by atoms with van der Waals surface area (Å²) in [6.07, 6.45) is 0.821. The molecule has 0 aliphatic heterocycles. The molecule has 0 saturated heterocycles. The molecular weight excluding hydrogens is 162 g/mol. The molecule has 1 atom stereocenters. The highest BCUT2D eigenvalue weighted by atomic mass is 14.7. The van der Waals surface area contributed by atoms with Gasteiger partial charge < -0.3 is 11.5 Å². The Morgan fingerprint density at radius 1 is 1.46 bits per heavy atom. The summed E-state index contributed by atoms with van der Waals surface area (Å²) in [7, 11) is 0. The van der Waals surface area contributed by atoms with Crippen LogP contribution in [0.2, 0.25) is 0 Å². The van der Waals surface area contributed by atoms with Crippen LogP contribution in [0, 0.1) is 6.92 Å². The minimum atomic E-state index is 0.0678. The van der Waals surface area contributed by atoms with E-state index in [9.17, 15) is 0 Å². The van der Waals surface area contributed by atoms with E-state index in [1.165, 1.54) is 0 Å². The van der Waals surface area contributed by atoms with Gasteiger partial charge in [0.2, 0.25) is 0 Å². The normalized spacial score (nSPS) is 12.9. The Balaban J connectivity index is 2.96. The Bertz CT molecular complexity index is 281. The zero-order valence-corrected chi connectivity index (χ0v) is 8.25. The number of hydrogen-bond donors (Lipinski definition) is 2. The number of hydrogen-bond acceptors (Lipinski definition) is 3. The molecule has 0 amide bonds. The highest BCUT2D eigenvalue weighted by molar-refractivity contribution is 5.23. The van der Waals surface area contributed by atoms with Gasteiger partial charge in [-0.05, 0) is 38.1 Å². The number of aromatic nitrogens is 1. The largest absolute Gasteiger partial charge is 0.330 e. The summed E-state index contributed by atoms with van der Waals surface area (Å²) in [5.41, 5.74) is 14.4. The first kappa shape index (κ1) is 10.2. The van der Waals surface area contributed by atoms with Crippen molar-refractivity contribution in [2.45, 2.75) is 26.3 Å². The van der Waals surface area contributed by atoms with Gasteiger partial charge in [-0.25, -0.2) is 0 Å². The Morgan fingerprint density at radius 2 is 2.15 bits per heavy atom. The maximum absolute atomic E-state index is 5.79. The van der Waals surface area contributed by atoms with Gasteiger partial charge in [0.15, 0.2) is 0 Å². The predicted octanol–water partition coefficient (Wildman–Crippen LogP) is 0.911. The van der Waals surface area contributed by atoms with Crippen molar-refractivity contribution in [1.29, 1.82) is 0 Å². The van der Waals surface area contributed by atoms with Crippen LogP contribution in [-0.4, -0.2) is 11.5 Å². The minimum absolute atomic E-state index is 0.0678. The van der Waals surface area contributed by atoms with Crippen LogP contribution in [0.25, 0.3) is 0 Å². The molecule has 0 aliphatic carbocycles. The lowest BCUT2D eigenvalue weighted by Crippen LogP contribution is -2.09. The summed E-state index contributed by atoms with van der Waals surface area (Å²) in [4.78, 5) is 4.37. The van der Waals surface area contributed by atoms with Crippen molar-refractivity contribution in [3.05, 3.63) is 29.1 Å². The zero-order chi connectivity index (χ0) is 9.84. The van der Waals surface area contributed by atoms with Crippen LogP contribution in [0.4, 0.5) is 0 Å². The van der Waals surface area contributed by atoms with Gasteiger partial charge >= 0.3 is 0 Å². The van der Waals surface area contributed by atoms with Gasteiger partial charge in [0.25, 0.3) is 0 Å². The van der Waals surface area contributed by atoms with Gasteiger partial charge in [0.05, 0.1) is 0 Å². The van der Waals surface area contributed by atoms with Crippen molar-refractivity contribution in [2.24, 2.45) is 11.5 Å². The molecule has 3 heteroatoms. The minimum Gasteiger partial charge on any atom is -0.330 e. The smallest absolute Gasteiger partial charge is 0.0422 e. The lowest BCUT2D eigenvalue weighted by molar-refractivity contribution is 0.801. The summed E-state index contributed by atoms with van der Waals surface area (Å²) in [6.45, 7) is 4.59. The van der Waals surface area contributed by atoms with E-state index in [-0.39, 0.29) is 6.04 Å². The maximum Gasteiger partial charge on any atom is 0.0422 e. The molecule has 4 N–H and O–H groups in total. The first-order valence-corrected chi connectivity index (χ1v) is 4.56. The maximum atomic E-state index is 5.79. The second-order valence-corrected chi connectivity index (χ2v) is 3.36. The molecule has 0 saturated carbocycles. The zero-order valence-electron chi connectivity index (χ0n) is 8.25. The van der Waals surface area contributed by atoms with E-state index in [1.807, 2.05) is 26.0 Å². The van der Waals surface area contributed by atoms with Crippen LogP contribution in [0.15, 0.2) is 12.1 Å². The van der Waals surface area contributed by atoms with E-state index in [2.05, 4.69) is 4.98 Å². The van der Waals surface area contributed by atoms with Crippen LogP contribution in [0.1, 0.15) is 29.9 Å². The van der Waals surface area contributed by atoms with E-state index in [0.717, 1.165) is 23.4 Å². The molecule has 72 valence electrons. The van der Waals surface area contributed by atoms with Gasteiger partial charge in [-0.3, -0.25) is 4.98 Å². The number of rotatable bonds is 3. The van der Waals surface area contributed by atoms with Crippen LogP contribution in [0.5, 0.6) is 0 Å². The van der Waals surface area contributed by atoms with Crippen LogP contribution in [-0.2, 0) is 6.42 Å². The monoisotopic (exact) mass is 179 g/mol. The molecule has 0 spiro atoms. The first-order chi connectivity index (χ1) is 6.13. The van der Waals surface area contributed by atoms with E-state index < -0.39 is 0 Å². The van der Waals surface area contributed by atoms with E-state index >= 15 is 0 Å². The Hall–Kier alpha value is -0.930. The van der Waals surface area contributed by atoms with Crippen molar-refractivity contribution >= 4 is 0 Å². The molecular formula is C10H17N3. The molecule has 0 bridgehead atoms. The number of nitrogens with two attached hydrogens (primary N) is 2. The number of nitrogens with zero attached hydrogens (tertiary/aromatic N) is 1. The number of aryl methyl sites for hydroxylation is 1. The van der Waals surface area contributed by atoms with Crippen molar-refractivity contribution in [2.75, 3.05) is 6.54 Å². The van der Waals surface area contributed by atoms with Crippen LogP contribution >= 0.6 is 0 Å². The van der Waals surface area contributed by atoms with E-state index in [0.29, 0.717) is 6.54 Å². The Labute approximate surface area is 79.2 Å². The van der Waals surface area contributed by atoms with Gasteiger partial charge in [0, 0.05) is 23.9 Å². The lowest BCUT2D eigenvalue weighted by atomic mass is 10.1. The molecule has 1 aromatic rings. The van der Waals surface area contributed by atoms with Gasteiger partial charge in [-0.2, -0.15) is 0 Å². The first-order valence-electron chi connectivity index (χ1n) is 4.56. The quantitative estimate of drug-likeness (QED) is 0.725. The highest BCUT2D eigenvalue weighted by Gasteiger charge is 2.03. The molecule has 1 unspecified atom stereocenters. The molecule has 1 rings (SSSR count). The molecule has 13 heavy (non-hydrogen) atoms. The van der Waals surface area contributed by atoms with Crippen molar-refractivity contribution in [1.82, 2.24) is 4.98 Å². The molecule has 0 aliphatic rings. The summed E-state index contributed by atoms with van der Waals surface area (Å²) in [6, 6.07) is 4.12. The lowest BCUT2D eigenvalue weighted by Gasteiger charge is -2.08. The third-order valence-corrected chi connectivity index (χ3v) is 1.96. The summed E-state index contributed by atoms with van der Waals surface area (Å²) in [5, 5.41) is 0. The molecule has 0 radical (unpaired) electrons. The summed E-state index contributed by atoms with van der Waals surface area (Å²) >= 11 is 0. The molecule has 1 heterocycles. The Morgan fingerprint density at radius 3 is 2.69 bits per heavy atom. The SMILES string of the molecule is Cc1cc(C(C)N)cc(CCN)n1. The summed E-state index contributed by atoms with van der Waals surface area (Å²) in [5.74, 6) is 0. The van der Waals surface area contributed by atoms with Crippen LogP contribution in [0.3, 0.4) is 0 Å². The molecule has 0 fully saturated rings. The second kappa shape index (κ2) is 4.35. The average Bonchev–Trinajstić information content (AvgIpc) is 2.03. The van der Waals surface area contributed by atoms with Crippen molar-refractivity contribution in [3.63, 3.8) is 0 Å². The van der Waals surface area contributed by atoms with Crippen molar-refractivity contribution < 1.29 is 0 Å². The standard InChI is InChI=1S/C10H17N3/c1-7-5-9(8(2)12)6-10(13-7)3-4-11/h5-6,8H,3-4,11-12H2,1-2H3. The molecule has 1 aromatic heterocycles. The fourth-order valence-electron chi connectivity index (χ4n) is 1.31. The van der Waals surface area contributed by atoms with Gasteiger partial charge in [0.1, 0.15) is 0 Å². The average molecular weight is 179 g/mol. The second-order valence-electron chi connectivity index (χ2n) is 3.36. The summed E-state index contributed by atoms with van der Waals surface area (Å²) < 4.78 is 0. The van der Waals surface area contributed by atoms with Gasteiger partial charge in [-0.1, -0.05) is 0 Å². The highest BCUT2D eigenvalue weighted by Crippen LogP contribution is 2.12. The van der Waals surface area contributed by atoms with E-state index in [4.69, 9.17) is 11.5 Å². The molecule has 3 nitrogen and oxygen atoms in total. The van der Waals surface area contributed by atoms with Gasteiger partial charge in [-0.15, -0.1) is 0 Å². The number of pyridine rings is 1. The fourth-order valence-corrected chi connectivity index (χ4v) is 1.31.